The van der Waals surface area contributed by atoms with E-state index in [9.17, 15) is 0 Å². The van der Waals surface area contributed by atoms with E-state index in [-0.39, 0.29) is 0 Å². The third-order valence-corrected chi connectivity index (χ3v) is 8.44. The van der Waals surface area contributed by atoms with E-state index in [4.69, 9.17) is 9.97 Å². The first-order valence-electron chi connectivity index (χ1n) is 14.7. The minimum absolute atomic E-state index is 0.913. The lowest BCUT2D eigenvalue weighted by molar-refractivity contribution is 1.32. The second-order valence-corrected chi connectivity index (χ2v) is 11.0. The molecular formula is C41H28N2. The van der Waals surface area contributed by atoms with E-state index in [2.05, 4.69) is 153 Å². The van der Waals surface area contributed by atoms with Gasteiger partial charge in [-0.3, -0.25) is 0 Å². The van der Waals surface area contributed by atoms with Gasteiger partial charge in [-0.2, -0.15) is 0 Å². The Morgan fingerprint density at radius 1 is 0.419 bits per heavy atom. The lowest BCUT2D eigenvalue weighted by Gasteiger charge is -2.19. The standard InChI is InChI=1S/C41H28N2/c1-27-38(33-23-13-21-28-16-11-12-22-32(28)33)35-25-24-34-36(29-14-5-2-6-15-29)26-37(30-17-7-3-8-18-30)42-40(34)41(35)43-39(27)31-19-9-4-10-20-31/h2-26H,1H3. The first kappa shape index (κ1) is 25.1. The molecule has 0 spiro atoms. The zero-order valence-corrected chi connectivity index (χ0v) is 23.8. The molecule has 43 heavy (non-hydrogen) atoms. The number of hydrogen-bond acceptors (Lipinski definition) is 2. The molecule has 0 fully saturated rings. The van der Waals surface area contributed by atoms with Crippen LogP contribution in [0.25, 0.3) is 77.3 Å². The number of rotatable bonds is 4. The van der Waals surface area contributed by atoms with Crippen molar-refractivity contribution in [2.45, 2.75) is 6.92 Å². The van der Waals surface area contributed by atoms with Crippen molar-refractivity contribution < 1.29 is 0 Å². The molecule has 8 rings (SSSR count). The summed E-state index contributed by atoms with van der Waals surface area (Å²) in [5, 5.41) is 4.66. The summed E-state index contributed by atoms with van der Waals surface area (Å²) in [5.74, 6) is 0. The quantitative estimate of drug-likeness (QED) is 0.204. The SMILES string of the molecule is Cc1c(-c2ccccc2)nc2c(ccc3c(-c4ccccc4)cc(-c4ccccc4)nc32)c1-c1cccc2ccccc12. The minimum Gasteiger partial charge on any atom is -0.245 e. The van der Waals surface area contributed by atoms with Gasteiger partial charge in [-0.05, 0) is 51.6 Å². The van der Waals surface area contributed by atoms with Gasteiger partial charge in [0, 0.05) is 21.9 Å². The van der Waals surface area contributed by atoms with Crippen molar-refractivity contribution in [3.05, 3.63) is 157 Å². The van der Waals surface area contributed by atoms with E-state index in [0.29, 0.717) is 0 Å². The normalized spacial score (nSPS) is 11.4. The molecule has 0 unspecified atom stereocenters. The molecule has 0 N–H and O–H groups in total. The van der Waals surface area contributed by atoms with Crippen LogP contribution < -0.4 is 0 Å². The van der Waals surface area contributed by atoms with E-state index < -0.39 is 0 Å². The largest absolute Gasteiger partial charge is 0.245 e. The van der Waals surface area contributed by atoms with Crippen LogP contribution in [-0.4, -0.2) is 9.97 Å². The number of fused-ring (bicyclic) bond motifs is 4. The summed E-state index contributed by atoms with van der Waals surface area (Å²) in [5.41, 5.74) is 11.8. The Balaban J connectivity index is 1.55. The van der Waals surface area contributed by atoms with Crippen LogP contribution in [0.1, 0.15) is 5.56 Å². The Hall–Kier alpha value is -5.60. The Labute approximate surface area is 251 Å². The molecule has 0 amide bonds. The third-order valence-electron chi connectivity index (χ3n) is 8.44. The lowest BCUT2D eigenvalue weighted by Crippen LogP contribution is -1.99. The monoisotopic (exact) mass is 548 g/mol. The average Bonchev–Trinajstić information content (AvgIpc) is 3.08. The first-order chi connectivity index (χ1) is 21.3. The fourth-order valence-electron chi connectivity index (χ4n) is 6.39. The van der Waals surface area contributed by atoms with Crippen LogP contribution in [0.15, 0.2) is 152 Å². The van der Waals surface area contributed by atoms with Crippen LogP contribution >= 0.6 is 0 Å². The van der Waals surface area contributed by atoms with Crippen LogP contribution in [0.4, 0.5) is 0 Å². The summed E-state index contributed by atoms with van der Waals surface area (Å²) in [6.45, 7) is 2.21. The van der Waals surface area contributed by atoms with Gasteiger partial charge in [0.15, 0.2) is 0 Å². The predicted octanol–water partition coefficient (Wildman–Crippen LogP) is 10.9. The number of benzene rings is 6. The molecule has 0 bridgehead atoms. The van der Waals surface area contributed by atoms with E-state index in [1.165, 1.54) is 21.9 Å². The molecule has 0 saturated heterocycles. The molecule has 0 aliphatic rings. The van der Waals surface area contributed by atoms with Crippen molar-refractivity contribution in [1.29, 1.82) is 0 Å². The van der Waals surface area contributed by atoms with Gasteiger partial charge < -0.3 is 0 Å². The maximum Gasteiger partial charge on any atom is 0.0979 e. The van der Waals surface area contributed by atoms with Gasteiger partial charge in [0.2, 0.25) is 0 Å². The minimum atomic E-state index is 0.913. The van der Waals surface area contributed by atoms with Gasteiger partial charge >= 0.3 is 0 Å². The Kier molecular flexibility index (Phi) is 6.05. The highest BCUT2D eigenvalue weighted by atomic mass is 14.8. The molecule has 0 aliphatic heterocycles. The first-order valence-corrected chi connectivity index (χ1v) is 14.7. The highest BCUT2D eigenvalue weighted by Gasteiger charge is 2.20. The van der Waals surface area contributed by atoms with Crippen molar-refractivity contribution >= 4 is 32.6 Å². The molecule has 6 aromatic carbocycles. The summed E-state index contributed by atoms with van der Waals surface area (Å²) in [4.78, 5) is 10.8. The average molecular weight is 549 g/mol. The van der Waals surface area contributed by atoms with Gasteiger partial charge in [-0.1, -0.05) is 146 Å². The van der Waals surface area contributed by atoms with Crippen LogP contribution in [0, 0.1) is 6.92 Å². The number of aromatic nitrogens is 2. The lowest BCUT2D eigenvalue weighted by atomic mass is 9.88. The maximum atomic E-state index is 5.45. The number of hydrogen-bond donors (Lipinski definition) is 0. The molecule has 0 radical (unpaired) electrons. The van der Waals surface area contributed by atoms with E-state index >= 15 is 0 Å². The van der Waals surface area contributed by atoms with Crippen molar-refractivity contribution in [2.75, 3.05) is 0 Å². The molecule has 0 atom stereocenters. The Morgan fingerprint density at radius 3 is 1.74 bits per heavy atom. The third kappa shape index (κ3) is 4.27. The van der Waals surface area contributed by atoms with Gasteiger partial charge in [0.25, 0.3) is 0 Å². The summed E-state index contributed by atoms with van der Waals surface area (Å²) in [6.07, 6.45) is 0. The molecular weight excluding hydrogens is 520 g/mol. The predicted molar refractivity (Wildman–Crippen MR) is 181 cm³/mol. The van der Waals surface area contributed by atoms with Crippen LogP contribution in [-0.2, 0) is 0 Å². The van der Waals surface area contributed by atoms with Crippen molar-refractivity contribution in [1.82, 2.24) is 9.97 Å². The van der Waals surface area contributed by atoms with Gasteiger partial charge in [-0.25, -0.2) is 9.97 Å². The van der Waals surface area contributed by atoms with E-state index in [0.717, 1.165) is 61.0 Å². The highest BCUT2D eigenvalue weighted by molar-refractivity contribution is 6.16. The van der Waals surface area contributed by atoms with E-state index in [1.807, 2.05) is 6.07 Å². The topological polar surface area (TPSA) is 25.8 Å². The Morgan fingerprint density at radius 2 is 1.00 bits per heavy atom. The van der Waals surface area contributed by atoms with Gasteiger partial charge in [0.1, 0.15) is 0 Å². The number of pyridine rings is 2. The Bertz CT molecular complexity index is 2270. The second kappa shape index (κ2) is 10.3. The van der Waals surface area contributed by atoms with E-state index in [1.54, 1.807) is 0 Å². The molecule has 2 aromatic heterocycles. The van der Waals surface area contributed by atoms with Crippen molar-refractivity contribution in [3.63, 3.8) is 0 Å². The zero-order chi connectivity index (χ0) is 28.8. The summed E-state index contributed by atoms with van der Waals surface area (Å²) < 4.78 is 0. The van der Waals surface area contributed by atoms with Crippen LogP contribution in [0.3, 0.4) is 0 Å². The van der Waals surface area contributed by atoms with Gasteiger partial charge in [-0.15, -0.1) is 0 Å². The molecule has 2 nitrogen and oxygen atoms in total. The molecule has 8 aromatic rings. The summed E-state index contributed by atoms with van der Waals surface area (Å²) in [7, 11) is 0. The molecule has 2 heteroatoms. The smallest absolute Gasteiger partial charge is 0.0979 e. The highest BCUT2D eigenvalue weighted by Crippen LogP contribution is 2.43. The van der Waals surface area contributed by atoms with Gasteiger partial charge in [0.05, 0.1) is 22.4 Å². The molecule has 202 valence electrons. The van der Waals surface area contributed by atoms with Crippen molar-refractivity contribution in [3.8, 4) is 44.8 Å². The van der Waals surface area contributed by atoms with Crippen molar-refractivity contribution in [2.24, 2.45) is 0 Å². The summed E-state index contributed by atoms with van der Waals surface area (Å²) in [6, 6.07) is 53.5. The number of nitrogens with zero attached hydrogens (tertiary/aromatic N) is 2. The second-order valence-electron chi connectivity index (χ2n) is 11.0. The maximum absolute atomic E-state index is 5.45. The molecule has 0 saturated carbocycles. The zero-order valence-electron chi connectivity index (χ0n) is 23.8. The molecule has 0 aliphatic carbocycles. The summed E-state index contributed by atoms with van der Waals surface area (Å²) >= 11 is 0. The fourth-order valence-corrected chi connectivity index (χ4v) is 6.39. The van der Waals surface area contributed by atoms with Crippen LogP contribution in [0.5, 0.6) is 0 Å². The molecule has 2 heterocycles. The fraction of sp³-hybridized carbons (Fsp3) is 0.0244. The van der Waals surface area contributed by atoms with Crippen LogP contribution in [0.2, 0.25) is 0 Å².